The van der Waals surface area contributed by atoms with Crippen molar-refractivity contribution in [3.05, 3.63) is 23.8 Å². The van der Waals surface area contributed by atoms with Gasteiger partial charge in [-0.2, -0.15) is 11.8 Å². The van der Waals surface area contributed by atoms with Gasteiger partial charge in [0.25, 0.3) is 0 Å². The first-order valence-electron chi connectivity index (χ1n) is 11.1. The number of nitrogens with two attached hydrogens (primary N) is 1. The van der Waals surface area contributed by atoms with Crippen LogP contribution < -0.4 is 11.1 Å². The summed E-state index contributed by atoms with van der Waals surface area (Å²) in [7, 11) is 0. The van der Waals surface area contributed by atoms with Crippen LogP contribution in [0.15, 0.2) is 23.8 Å². The van der Waals surface area contributed by atoms with Crippen LogP contribution in [0.3, 0.4) is 0 Å². The molecule has 8 nitrogen and oxygen atoms in total. The minimum absolute atomic E-state index is 0.0162. The molecule has 3 aliphatic heterocycles. The summed E-state index contributed by atoms with van der Waals surface area (Å²) in [5, 5.41) is 32.8. The van der Waals surface area contributed by atoms with Gasteiger partial charge in [-0.15, -0.1) is 0 Å². The van der Waals surface area contributed by atoms with Crippen molar-refractivity contribution in [1.82, 2.24) is 10.2 Å². The van der Waals surface area contributed by atoms with Crippen molar-refractivity contribution in [2.24, 2.45) is 23.5 Å². The van der Waals surface area contributed by atoms with Gasteiger partial charge in [-0.3, -0.25) is 4.79 Å². The van der Waals surface area contributed by atoms with Crippen LogP contribution in [0.5, 0.6) is 0 Å². The van der Waals surface area contributed by atoms with Gasteiger partial charge in [0, 0.05) is 23.1 Å². The molecule has 4 rings (SSSR count). The Labute approximate surface area is 186 Å². The topological polar surface area (TPSA) is 136 Å². The minimum Gasteiger partial charge on any atom is -0.480 e. The maximum atomic E-state index is 12.5. The number of β-lactam (4-membered cyclic amide) rings is 1. The molecule has 10 atom stereocenters. The molecule has 9 heteroatoms. The molecule has 0 spiro atoms. The third-order valence-corrected chi connectivity index (χ3v) is 9.19. The van der Waals surface area contributed by atoms with E-state index >= 15 is 0 Å². The quantitative estimate of drug-likeness (QED) is 0.340. The van der Waals surface area contributed by atoms with Crippen molar-refractivity contribution >= 4 is 23.6 Å². The number of thioether (sulfide) groups is 1. The van der Waals surface area contributed by atoms with Crippen LogP contribution in [-0.4, -0.2) is 86.0 Å². The number of carbonyl (C=O) groups is 2. The second-order valence-electron chi connectivity index (χ2n) is 9.37. The second kappa shape index (κ2) is 8.86. The van der Waals surface area contributed by atoms with Crippen LogP contribution in [0, 0.1) is 17.8 Å². The molecule has 3 heterocycles. The largest absolute Gasteiger partial charge is 0.480 e. The molecule has 31 heavy (non-hydrogen) atoms. The maximum absolute atomic E-state index is 12.5. The first-order valence-corrected chi connectivity index (χ1v) is 12.1. The Hall–Kier alpha value is -1.39. The van der Waals surface area contributed by atoms with Crippen molar-refractivity contribution in [3.8, 4) is 0 Å². The van der Waals surface area contributed by atoms with Gasteiger partial charge in [0.15, 0.2) is 0 Å². The molecule has 0 aromatic rings. The second-order valence-corrected chi connectivity index (χ2v) is 10.9. The number of rotatable bonds is 7. The molecule has 1 amide bonds. The van der Waals surface area contributed by atoms with Crippen LogP contribution in [0.1, 0.15) is 26.7 Å². The van der Waals surface area contributed by atoms with E-state index in [0.717, 1.165) is 25.0 Å². The Bertz CT molecular complexity index is 787. The fraction of sp³-hybridized carbons (Fsp3) is 0.727. The monoisotopic (exact) mass is 451 g/mol. The first-order chi connectivity index (χ1) is 14.7. The maximum Gasteiger partial charge on any atom is 0.327 e. The number of fused-ring (bicyclic) bond motifs is 1. The summed E-state index contributed by atoms with van der Waals surface area (Å²) in [5.74, 6) is -1.32. The van der Waals surface area contributed by atoms with E-state index < -0.39 is 24.0 Å². The number of aliphatic hydroxyl groups is 2. The molecular weight excluding hydrogens is 418 g/mol. The van der Waals surface area contributed by atoms with Crippen molar-refractivity contribution in [2.75, 3.05) is 13.2 Å². The minimum atomic E-state index is -0.958. The summed E-state index contributed by atoms with van der Waals surface area (Å²) in [4.78, 5) is 26.1. The number of hydrogen-bond acceptors (Lipinski definition) is 7. The molecule has 0 radical (unpaired) electrons. The van der Waals surface area contributed by atoms with Crippen molar-refractivity contribution in [3.63, 3.8) is 0 Å². The summed E-state index contributed by atoms with van der Waals surface area (Å²) in [5.41, 5.74) is 6.86. The van der Waals surface area contributed by atoms with E-state index in [1.165, 1.54) is 4.90 Å². The van der Waals surface area contributed by atoms with Gasteiger partial charge < -0.3 is 31.3 Å². The van der Waals surface area contributed by atoms with Crippen molar-refractivity contribution in [2.45, 2.75) is 67.5 Å². The highest BCUT2D eigenvalue weighted by Crippen LogP contribution is 2.50. The number of carboxylic acid groups (broad SMARTS) is 1. The molecule has 172 valence electrons. The first kappa shape index (κ1) is 22.8. The van der Waals surface area contributed by atoms with Crippen molar-refractivity contribution < 1.29 is 24.9 Å². The molecule has 0 aromatic carbocycles. The predicted octanol–water partition coefficient (Wildman–Crippen LogP) is -0.0485. The number of amides is 1. The third-order valence-electron chi connectivity index (χ3n) is 7.45. The number of allylic oxidation sites excluding steroid dienone is 1. The van der Waals surface area contributed by atoms with E-state index in [1.807, 2.05) is 13.0 Å². The molecule has 4 aliphatic rings. The Kier molecular flexibility index (Phi) is 6.52. The van der Waals surface area contributed by atoms with Gasteiger partial charge in [-0.25, -0.2) is 4.79 Å². The van der Waals surface area contributed by atoms with Gasteiger partial charge in [-0.05, 0) is 37.2 Å². The summed E-state index contributed by atoms with van der Waals surface area (Å²) in [6.45, 7) is 4.36. The molecule has 0 aromatic heterocycles. The van der Waals surface area contributed by atoms with Crippen LogP contribution in [0.4, 0.5) is 0 Å². The van der Waals surface area contributed by atoms with Gasteiger partial charge >= 0.3 is 5.97 Å². The smallest absolute Gasteiger partial charge is 0.327 e. The van der Waals surface area contributed by atoms with Crippen LogP contribution in [0.25, 0.3) is 0 Å². The van der Waals surface area contributed by atoms with Gasteiger partial charge in [0.2, 0.25) is 5.91 Å². The predicted molar refractivity (Wildman–Crippen MR) is 118 cm³/mol. The zero-order valence-corrected chi connectivity index (χ0v) is 18.7. The number of hydrogen-bond donors (Lipinski definition) is 5. The molecule has 3 saturated heterocycles. The van der Waals surface area contributed by atoms with Gasteiger partial charge in [-0.1, -0.05) is 25.2 Å². The Balaban J connectivity index is 1.39. The van der Waals surface area contributed by atoms with E-state index in [9.17, 15) is 24.9 Å². The molecule has 6 N–H and O–H groups in total. The molecule has 0 saturated carbocycles. The van der Waals surface area contributed by atoms with E-state index in [0.29, 0.717) is 12.0 Å². The van der Waals surface area contributed by atoms with Gasteiger partial charge in [0.1, 0.15) is 6.04 Å². The highest BCUT2D eigenvalue weighted by molar-refractivity contribution is 8.00. The number of carbonyl (C=O) groups excluding carboxylic acids is 1. The van der Waals surface area contributed by atoms with E-state index in [-0.39, 0.29) is 41.0 Å². The van der Waals surface area contributed by atoms with Crippen LogP contribution >= 0.6 is 11.8 Å². The number of nitrogens with one attached hydrogen (secondary N) is 1. The van der Waals surface area contributed by atoms with Crippen LogP contribution in [0.2, 0.25) is 0 Å². The highest BCUT2D eigenvalue weighted by atomic mass is 32.2. The average Bonchev–Trinajstić information content (AvgIpc) is 3.29. The lowest BCUT2D eigenvalue weighted by molar-refractivity contribution is -0.170. The molecule has 1 aliphatic carbocycles. The van der Waals surface area contributed by atoms with E-state index in [2.05, 4.69) is 17.5 Å². The summed E-state index contributed by atoms with van der Waals surface area (Å²) in [6.07, 6.45) is 7.30. The standard InChI is InChI=1S/C22H33N3O5S/c1-10-18-17(11(2)27)21(28)25(18)19(22(29)30)20(10)31-14-7-16(24-8-14)13-5-3-12(4-6-13)15(23)9-26/h3-5,10-11,13-20,24,26-27H,6-9,23H2,1-2H3,(H,29,30)/t10-,11-,13?,14+,15?,16-,17-,18-,19?,20?/m1/s1. The van der Waals surface area contributed by atoms with E-state index in [1.54, 1.807) is 18.7 Å². The lowest BCUT2D eigenvalue weighted by Gasteiger charge is -2.47. The molecule has 4 unspecified atom stereocenters. The zero-order valence-electron chi connectivity index (χ0n) is 17.9. The lowest BCUT2D eigenvalue weighted by Crippen LogP contribution is -2.65. The Morgan fingerprint density at radius 3 is 2.77 bits per heavy atom. The fourth-order valence-electron chi connectivity index (χ4n) is 5.77. The van der Waals surface area contributed by atoms with Crippen molar-refractivity contribution in [1.29, 1.82) is 0 Å². The molecular formula is C22H33N3O5S. The van der Waals surface area contributed by atoms with E-state index in [4.69, 9.17) is 5.73 Å². The van der Waals surface area contributed by atoms with Gasteiger partial charge in [0.05, 0.1) is 30.7 Å². The SMILES string of the molecule is C[C@@H](O)[C@H]1C(=O)N2C(C(=O)O)C(S[C@@H]3CN[C@@H](C4C=CC(C(N)CO)=CC4)C3)[C@H](C)[C@H]12. The summed E-state index contributed by atoms with van der Waals surface area (Å²) < 4.78 is 0. The lowest BCUT2D eigenvalue weighted by atomic mass is 9.79. The average molecular weight is 452 g/mol. The molecule has 3 fully saturated rings. The normalized spacial score (nSPS) is 41.5. The van der Waals surface area contributed by atoms with Crippen LogP contribution in [-0.2, 0) is 9.59 Å². The Morgan fingerprint density at radius 2 is 2.19 bits per heavy atom. The third kappa shape index (κ3) is 3.95. The zero-order chi connectivity index (χ0) is 22.4. The summed E-state index contributed by atoms with van der Waals surface area (Å²) >= 11 is 1.69. The Morgan fingerprint density at radius 1 is 1.45 bits per heavy atom. The summed E-state index contributed by atoms with van der Waals surface area (Å²) in [6, 6.07) is -1.06. The highest BCUT2D eigenvalue weighted by Gasteiger charge is 2.64. The molecule has 0 bridgehead atoms. The number of carboxylic acids is 1. The number of aliphatic hydroxyl groups excluding tert-OH is 2. The number of nitrogens with zero attached hydrogens (tertiary/aromatic N) is 1. The fourth-order valence-corrected chi connectivity index (χ4v) is 7.53. The number of aliphatic carboxylic acids is 1.